The zero-order valence-electron chi connectivity index (χ0n) is 41.1. The first-order chi connectivity index (χ1) is 30.5. The third-order valence-corrected chi connectivity index (χ3v) is 11.7. The highest BCUT2D eigenvalue weighted by atomic mass is 16.6. The number of allylic oxidation sites excluding steroid dienone is 8. The topological polar surface area (TPSA) is 78.9 Å². The summed E-state index contributed by atoms with van der Waals surface area (Å²) in [6.45, 7) is 6.51. The maximum Gasteiger partial charge on any atom is 0.306 e. The van der Waals surface area contributed by atoms with Gasteiger partial charge in [0.25, 0.3) is 0 Å². The van der Waals surface area contributed by atoms with Gasteiger partial charge in [-0.2, -0.15) is 0 Å². The quantitative estimate of drug-likeness (QED) is 0.0262. The number of rotatable bonds is 48. The fraction of sp³-hybridized carbons (Fsp3) is 0.804. The van der Waals surface area contributed by atoms with Gasteiger partial charge in [0.2, 0.25) is 0 Å². The Morgan fingerprint density at radius 2 is 0.629 bits per heavy atom. The van der Waals surface area contributed by atoms with E-state index in [1.165, 1.54) is 148 Å². The summed E-state index contributed by atoms with van der Waals surface area (Å²) in [5.41, 5.74) is 0. The summed E-state index contributed by atoms with van der Waals surface area (Å²) < 4.78 is 16.8. The molecule has 0 aromatic heterocycles. The number of carbonyl (C=O) groups is 3. The summed E-state index contributed by atoms with van der Waals surface area (Å²) in [7, 11) is 0. The first-order valence-electron chi connectivity index (χ1n) is 26.7. The smallest absolute Gasteiger partial charge is 0.306 e. The van der Waals surface area contributed by atoms with Crippen molar-refractivity contribution in [1.82, 2.24) is 0 Å². The second kappa shape index (κ2) is 51.0. The fourth-order valence-corrected chi connectivity index (χ4v) is 7.69. The molecule has 0 aliphatic rings. The molecule has 0 N–H and O–H groups in total. The van der Waals surface area contributed by atoms with Crippen molar-refractivity contribution in [3.05, 3.63) is 48.6 Å². The SMILES string of the molecule is CC\C=C/C=C\C=C/C=C\CCCCCCCC(=O)OCC(COC(=O)CCCCCCCCCCCCCCCC)OC(=O)CCCCCCCCCCCCCCCCC. The monoisotopic (exact) mass is 869 g/mol. The molecule has 0 aliphatic heterocycles. The summed E-state index contributed by atoms with van der Waals surface area (Å²) in [5, 5.41) is 0. The van der Waals surface area contributed by atoms with Gasteiger partial charge in [-0.05, 0) is 38.5 Å². The first-order valence-corrected chi connectivity index (χ1v) is 26.7. The lowest BCUT2D eigenvalue weighted by Gasteiger charge is -2.18. The van der Waals surface area contributed by atoms with Crippen molar-refractivity contribution in [2.75, 3.05) is 13.2 Å². The van der Waals surface area contributed by atoms with Crippen LogP contribution in [0, 0.1) is 0 Å². The number of esters is 3. The second-order valence-electron chi connectivity index (χ2n) is 17.9. The molecule has 0 radical (unpaired) electrons. The Kier molecular flexibility index (Phi) is 48.8. The molecule has 1 atom stereocenters. The van der Waals surface area contributed by atoms with Crippen LogP contribution in [0.5, 0.6) is 0 Å². The molecule has 0 aromatic rings. The molecular formula is C56H100O6. The van der Waals surface area contributed by atoms with Crippen molar-refractivity contribution < 1.29 is 28.6 Å². The standard InChI is InChI=1S/C56H100O6/c1-4-7-10-13-16-19-22-25-28-31-34-37-40-43-46-49-55(58)61-52-53(51-60-54(57)48-45-42-39-36-33-30-27-24-21-18-15-12-9-6-3)62-56(59)50-47-44-41-38-35-32-29-26-23-20-17-14-11-8-5-2/h7,10,13,16,19,22,25,28,53H,4-6,8-9,11-12,14-15,17-18,20-21,23-24,26-27,29-52H2,1-3H3/b10-7-,16-13-,22-19-,28-25-. The molecule has 0 saturated carbocycles. The first kappa shape index (κ1) is 59.4. The van der Waals surface area contributed by atoms with Gasteiger partial charge >= 0.3 is 17.9 Å². The highest BCUT2D eigenvalue weighted by Crippen LogP contribution is 2.16. The Morgan fingerprint density at radius 1 is 0.339 bits per heavy atom. The molecule has 0 aliphatic carbocycles. The number of hydrogen-bond acceptors (Lipinski definition) is 6. The minimum absolute atomic E-state index is 0.0768. The Balaban J connectivity index is 4.39. The average molecular weight is 869 g/mol. The van der Waals surface area contributed by atoms with E-state index in [1.807, 2.05) is 18.2 Å². The van der Waals surface area contributed by atoms with Crippen molar-refractivity contribution in [2.24, 2.45) is 0 Å². The number of carbonyl (C=O) groups excluding carboxylic acids is 3. The van der Waals surface area contributed by atoms with Gasteiger partial charge in [-0.25, -0.2) is 0 Å². The van der Waals surface area contributed by atoms with Crippen molar-refractivity contribution in [3.8, 4) is 0 Å². The van der Waals surface area contributed by atoms with Crippen LogP contribution in [0.1, 0.15) is 271 Å². The molecule has 0 heterocycles. The summed E-state index contributed by atoms with van der Waals surface area (Å²) in [6, 6.07) is 0. The third-order valence-electron chi connectivity index (χ3n) is 11.7. The minimum atomic E-state index is -0.778. The van der Waals surface area contributed by atoms with Gasteiger partial charge in [0.05, 0.1) is 0 Å². The fourth-order valence-electron chi connectivity index (χ4n) is 7.69. The van der Waals surface area contributed by atoms with Gasteiger partial charge in [-0.15, -0.1) is 0 Å². The lowest BCUT2D eigenvalue weighted by atomic mass is 10.0. The molecule has 360 valence electrons. The van der Waals surface area contributed by atoms with Crippen LogP contribution in [-0.4, -0.2) is 37.2 Å². The van der Waals surface area contributed by atoms with Crippen LogP contribution in [0.2, 0.25) is 0 Å². The summed E-state index contributed by atoms with van der Waals surface area (Å²) in [6.07, 6.45) is 60.9. The van der Waals surface area contributed by atoms with Crippen molar-refractivity contribution in [2.45, 2.75) is 277 Å². The number of hydrogen-bond donors (Lipinski definition) is 0. The Morgan fingerprint density at radius 3 is 0.984 bits per heavy atom. The van der Waals surface area contributed by atoms with Crippen LogP contribution < -0.4 is 0 Å². The molecule has 0 rings (SSSR count). The summed E-state index contributed by atoms with van der Waals surface area (Å²) in [4.78, 5) is 38.0. The Hall–Kier alpha value is -2.63. The molecule has 6 heteroatoms. The Labute approximate surface area is 384 Å². The molecule has 62 heavy (non-hydrogen) atoms. The lowest BCUT2D eigenvalue weighted by Crippen LogP contribution is -2.30. The van der Waals surface area contributed by atoms with E-state index in [2.05, 4.69) is 51.2 Å². The van der Waals surface area contributed by atoms with E-state index in [0.29, 0.717) is 19.3 Å². The van der Waals surface area contributed by atoms with Gasteiger partial charge < -0.3 is 14.2 Å². The predicted octanol–water partition coefficient (Wildman–Crippen LogP) is 17.5. The maximum absolute atomic E-state index is 12.8. The number of ether oxygens (including phenoxy) is 3. The summed E-state index contributed by atoms with van der Waals surface area (Å²) in [5.74, 6) is -0.888. The molecule has 0 spiro atoms. The van der Waals surface area contributed by atoms with Crippen LogP contribution in [-0.2, 0) is 28.6 Å². The van der Waals surface area contributed by atoms with Crippen LogP contribution in [0.4, 0.5) is 0 Å². The molecule has 0 aromatic carbocycles. The third kappa shape index (κ3) is 48.4. The normalized spacial score (nSPS) is 12.4. The van der Waals surface area contributed by atoms with E-state index in [0.717, 1.165) is 83.5 Å². The van der Waals surface area contributed by atoms with Crippen LogP contribution in [0.25, 0.3) is 0 Å². The molecule has 0 amide bonds. The van der Waals surface area contributed by atoms with E-state index in [9.17, 15) is 14.4 Å². The van der Waals surface area contributed by atoms with E-state index in [4.69, 9.17) is 14.2 Å². The highest BCUT2D eigenvalue weighted by molar-refractivity contribution is 5.71. The molecule has 0 saturated heterocycles. The maximum atomic E-state index is 12.8. The lowest BCUT2D eigenvalue weighted by molar-refractivity contribution is -0.167. The van der Waals surface area contributed by atoms with Crippen LogP contribution in [0.3, 0.4) is 0 Å². The van der Waals surface area contributed by atoms with Gasteiger partial charge in [0.15, 0.2) is 6.10 Å². The van der Waals surface area contributed by atoms with Gasteiger partial charge in [0.1, 0.15) is 13.2 Å². The van der Waals surface area contributed by atoms with Gasteiger partial charge in [0, 0.05) is 19.3 Å². The zero-order chi connectivity index (χ0) is 45.1. The van der Waals surface area contributed by atoms with Crippen LogP contribution in [0.15, 0.2) is 48.6 Å². The van der Waals surface area contributed by atoms with Gasteiger partial charge in [-0.3, -0.25) is 14.4 Å². The highest BCUT2D eigenvalue weighted by Gasteiger charge is 2.19. The zero-order valence-corrected chi connectivity index (χ0v) is 41.1. The number of unbranched alkanes of at least 4 members (excludes halogenated alkanes) is 32. The molecule has 6 nitrogen and oxygen atoms in total. The molecule has 0 fully saturated rings. The van der Waals surface area contributed by atoms with E-state index < -0.39 is 6.10 Å². The van der Waals surface area contributed by atoms with E-state index >= 15 is 0 Å². The van der Waals surface area contributed by atoms with Crippen molar-refractivity contribution in [3.63, 3.8) is 0 Å². The van der Waals surface area contributed by atoms with E-state index in [1.54, 1.807) is 0 Å². The molecule has 1 unspecified atom stereocenters. The minimum Gasteiger partial charge on any atom is -0.462 e. The predicted molar refractivity (Wildman–Crippen MR) is 265 cm³/mol. The Bertz CT molecular complexity index is 1090. The second-order valence-corrected chi connectivity index (χ2v) is 17.9. The van der Waals surface area contributed by atoms with Crippen molar-refractivity contribution >= 4 is 17.9 Å². The van der Waals surface area contributed by atoms with Gasteiger partial charge in [-0.1, -0.05) is 262 Å². The van der Waals surface area contributed by atoms with Crippen molar-refractivity contribution in [1.29, 1.82) is 0 Å². The van der Waals surface area contributed by atoms with Crippen LogP contribution >= 0.6 is 0 Å². The average Bonchev–Trinajstić information content (AvgIpc) is 3.27. The summed E-state index contributed by atoms with van der Waals surface area (Å²) >= 11 is 0. The van der Waals surface area contributed by atoms with E-state index in [-0.39, 0.29) is 31.1 Å². The molecular weight excluding hydrogens is 769 g/mol. The largest absolute Gasteiger partial charge is 0.462 e. The molecule has 0 bridgehead atoms.